The number of nitrogens with two attached hydrogens (primary N) is 1. The van der Waals surface area contributed by atoms with Crippen molar-refractivity contribution >= 4 is 17.7 Å². The molecule has 0 aromatic carbocycles. The van der Waals surface area contributed by atoms with Crippen molar-refractivity contribution in [2.45, 2.75) is 72.8 Å². The minimum Gasteiger partial charge on any atom is -0.369 e. The van der Waals surface area contributed by atoms with Gasteiger partial charge in [0, 0.05) is 43.9 Å². The SMILES string of the molecule is CCCCCC(C)(C)CNC(=NCc1cccnc1N1CCC(C(N)=O)CC1)NCC. The summed E-state index contributed by atoms with van der Waals surface area (Å²) in [7, 11) is 0. The van der Waals surface area contributed by atoms with Crippen LogP contribution in [-0.2, 0) is 11.3 Å². The third-order valence-corrected chi connectivity index (χ3v) is 6.01. The van der Waals surface area contributed by atoms with E-state index in [9.17, 15) is 4.79 Å². The molecule has 1 aromatic heterocycles. The fourth-order valence-electron chi connectivity index (χ4n) is 3.99. The van der Waals surface area contributed by atoms with E-state index in [2.05, 4.69) is 54.3 Å². The number of aromatic nitrogens is 1. The fraction of sp³-hybridized carbons (Fsp3) is 0.708. The Labute approximate surface area is 188 Å². The van der Waals surface area contributed by atoms with Crippen LogP contribution >= 0.6 is 0 Å². The van der Waals surface area contributed by atoms with Crippen molar-refractivity contribution in [3.8, 4) is 0 Å². The van der Waals surface area contributed by atoms with Gasteiger partial charge < -0.3 is 21.3 Å². The van der Waals surface area contributed by atoms with E-state index in [1.54, 1.807) is 0 Å². The zero-order valence-electron chi connectivity index (χ0n) is 19.9. The number of nitrogens with zero attached hydrogens (tertiary/aromatic N) is 3. The highest BCUT2D eigenvalue weighted by Gasteiger charge is 2.25. The van der Waals surface area contributed by atoms with Gasteiger partial charge in [-0.05, 0) is 37.7 Å². The van der Waals surface area contributed by atoms with Gasteiger partial charge in [-0.3, -0.25) is 4.79 Å². The summed E-state index contributed by atoms with van der Waals surface area (Å²) >= 11 is 0. The molecule has 2 heterocycles. The number of rotatable bonds is 11. The van der Waals surface area contributed by atoms with Gasteiger partial charge in [0.05, 0.1) is 6.54 Å². The van der Waals surface area contributed by atoms with Crippen molar-refractivity contribution in [1.29, 1.82) is 0 Å². The summed E-state index contributed by atoms with van der Waals surface area (Å²) in [6.07, 6.45) is 8.41. The van der Waals surface area contributed by atoms with E-state index in [0.717, 1.165) is 56.4 Å². The average Bonchev–Trinajstić information content (AvgIpc) is 2.76. The minimum absolute atomic E-state index is 0.0216. The Balaban J connectivity index is 2.00. The Hall–Kier alpha value is -2.31. The number of hydrogen-bond donors (Lipinski definition) is 3. The van der Waals surface area contributed by atoms with Crippen LogP contribution in [0.1, 0.15) is 71.8 Å². The minimum atomic E-state index is -0.190. The molecule has 7 nitrogen and oxygen atoms in total. The lowest BCUT2D eigenvalue weighted by Crippen LogP contribution is -2.42. The van der Waals surface area contributed by atoms with Gasteiger partial charge in [0.2, 0.25) is 5.91 Å². The molecule has 7 heteroatoms. The zero-order valence-corrected chi connectivity index (χ0v) is 19.9. The first-order valence-electron chi connectivity index (χ1n) is 11.9. The van der Waals surface area contributed by atoms with Crippen LogP contribution in [0.2, 0.25) is 0 Å². The Morgan fingerprint density at radius 1 is 1.26 bits per heavy atom. The van der Waals surface area contributed by atoms with E-state index in [1.165, 1.54) is 25.7 Å². The van der Waals surface area contributed by atoms with E-state index in [-0.39, 0.29) is 17.2 Å². The first-order chi connectivity index (χ1) is 14.9. The number of aliphatic imine (C=N–C) groups is 1. The highest BCUT2D eigenvalue weighted by atomic mass is 16.1. The van der Waals surface area contributed by atoms with Crippen molar-refractivity contribution in [2.75, 3.05) is 31.1 Å². The van der Waals surface area contributed by atoms with Crippen molar-refractivity contribution < 1.29 is 4.79 Å². The third-order valence-electron chi connectivity index (χ3n) is 6.01. The number of anilines is 1. The van der Waals surface area contributed by atoms with Crippen LogP contribution in [0.15, 0.2) is 23.3 Å². The van der Waals surface area contributed by atoms with Crippen LogP contribution in [0.5, 0.6) is 0 Å². The molecule has 0 spiro atoms. The van der Waals surface area contributed by atoms with E-state index in [0.29, 0.717) is 6.54 Å². The molecule has 0 radical (unpaired) electrons. The van der Waals surface area contributed by atoms with E-state index in [1.807, 2.05) is 12.3 Å². The summed E-state index contributed by atoms with van der Waals surface area (Å²) in [4.78, 5) is 23.2. The monoisotopic (exact) mass is 430 g/mol. The lowest BCUT2D eigenvalue weighted by molar-refractivity contribution is -0.122. The standard InChI is InChI=1S/C24H42N6O/c1-5-7-8-13-24(3,4)18-29-23(26-6-2)28-17-20-10-9-14-27-22(20)30-15-11-19(12-16-30)21(25)31/h9-10,14,19H,5-8,11-13,15-18H2,1-4H3,(H2,25,31)(H2,26,28,29). The maximum atomic E-state index is 11.5. The molecule has 174 valence electrons. The molecule has 0 aliphatic carbocycles. The van der Waals surface area contributed by atoms with Gasteiger partial charge in [0.15, 0.2) is 5.96 Å². The summed E-state index contributed by atoms with van der Waals surface area (Å²) in [6.45, 7) is 12.8. The second-order valence-corrected chi connectivity index (χ2v) is 9.32. The van der Waals surface area contributed by atoms with Gasteiger partial charge in [-0.25, -0.2) is 9.98 Å². The van der Waals surface area contributed by atoms with E-state index < -0.39 is 0 Å². The molecule has 1 aliphatic heterocycles. The summed E-state index contributed by atoms with van der Waals surface area (Å²) in [5.74, 6) is 1.59. The highest BCUT2D eigenvalue weighted by molar-refractivity contribution is 5.80. The zero-order chi connectivity index (χ0) is 22.7. The molecule has 0 bridgehead atoms. The van der Waals surface area contributed by atoms with Crippen molar-refractivity contribution in [3.63, 3.8) is 0 Å². The van der Waals surface area contributed by atoms with Crippen molar-refractivity contribution in [3.05, 3.63) is 23.9 Å². The van der Waals surface area contributed by atoms with Gasteiger partial charge in [-0.2, -0.15) is 0 Å². The first-order valence-corrected chi connectivity index (χ1v) is 11.9. The quantitative estimate of drug-likeness (QED) is 0.284. The smallest absolute Gasteiger partial charge is 0.220 e. The number of carbonyl (C=O) groups is 1. The van der Waals surface area contributed by atoms with Crippen LogP contribution in [0.4, 0.5) is 5.82 Å². The van der Waals surface area contributed by atoms with Crippen LogP contribution in [0, 0.1) is 11.3 Å². The molecular formula is C24H42N6O. The summed E-state index contributed by atoms with van der Waals surface area (Å²) in [5.41, 5.74) is 6.81. The number of primary amides is 1. The van der Waals surface area contributed by atoms with E-state index in [4.69, 9.17) is 10.7 Å². The van der Waals surface area contributed by atoms with Gasteiger partial charge in [-0.1, -0.05) is 46.1 Å². The van der Waals surface area contributed by atoms with Crippen molar-refractivity contribution in [1.82, 2.24) is 15.6 Å². The Bertz CT molecular complexity index is 710. The molecular weight excluding hydrogens is 388 g/mol. The van der Waals surface area contributed by atoms with Gasteiger partial charge in [0.25, 0.3) is 0 Å². The van der Waals surface area contributed by atoms with Crippen LogP contribution in [0.3, 0.4) is 0 Å². The predicted octanol–water partition coefficient (Wildman–Crippen LogP) is 3.44. The number of hydrogen-bond acceptors (Lipinski definition) is 4. The lowest BCUT2D eigenvalue weighted by atomic mass is 9.87. The molecule has 0 unspecified atom stereocenters. The van der Waals surface area contributed by atoms with Crippen LogP contribution in [-0.4, -0.2) is 43.0 Å². The molecule has 31 heavy (non-hydrogen) atoms. The normalized spacial score (nSPS) is 15.7. The third kappa shape index (κ3) is 8.38. The molecule has 1 aliphatic rings. The highest BCUT2D eigenvalue weighted by Crippen LogP contribution is 2.25. The summed E-state index contributed by atoms with van der Waals surface area (Å²) < 4.78 is 0. The summed E-state index contributed by atoms with van der Waals surface area (Å²) in [6, 6.07) is 4.05. The first kappa shape index (κ1) is 25.0. The maximum Gasteiger partial charge on any atom is 0.220 e. The molecule has 1 amide bonds. The maximum absolute atomic E-state index is 11.5. The molecule has 1 saturated heterocycles. The van der Waals surface area contributed by atoms with Gasteiger partial charge in [-0.15, -0.1) is 0 Å². The second-order valence-electron chi connectivity index (χ2n) is 9.32. The molecule has 4 N–H and O–H groups in total. The topological polar surface area (TPSA) is 95.6 Å². The number of amides is 1. The lowest BCUT2D eigenvalue weighted by Gasteiger charge is -2.32. The van der Waals surface area contributed by atoms with Crippen molar-refractivity contribution in [2.24, 2.45) is 22.1 Å². The number of carbonyl (C=O) groups excluding carboxylic acids is 1. The molecule has 1 aromatic rings. The predicted molar refractivity (Wildman–Crippen MR) is 129 cm³/mol. The van der Waals surface area contributed by atoms with Crippen LogP contribution < -0.4 is 21.3 Å². The summed E-state index contributed by atoms with van der Waals surface area (Å²) in [5, 5.41) is 6.89. The van der Waals surface area contributed by atoms with Gasteiger partial charge in [0.1, 0.15) is 5.82 Å². The number of pyridine rings is 1. The fourth-order valence-corrected chi connectivity index (χ4v) is 3.99. The van der Waals surface area contributed by atoms with Crippen LogP contribution in [0.25, 0.3) is 0 Å². The average molecular weight is 431 g/mol. The van der Waals surface area contributed by atoms with E-state index >= 15 is 0 Å². The number of guanidine groups is 1. The largest absolute Gasteiger partial charge is 0.369 e. The Kier molecular flexibility index (Phi) is 10.1. The number of piperidine rings is 1. The number of nitrogens with one attached hydrogen (secondary N) is 2. The van der Waals surface area contributed by atoms with Gasteiger partial charge >= 0.3 is 0 Å². The molecule has 0 atom stereocenters. The second kappa shape index (κ2) is 12.5. The molecule has 2 rings (SSSR count). The molecule has 0 saturated carbocycles. The Morgan fingerprint density at radius 2 is 2.00 bits per heavy atom. The molecule has 1 fully saturated rings. The Morgan fingerprint density at radius 3 is 2.65 bits per heavy atom. The number of unbranched alkanes of at least 4 members (excludes halogenated alkanes) is 2.